The van der Waals surface area contributed by atoms with E-state index in [1.54, 1.807) is 11.1 Å². The van der Waals surface area contributed by atoms with Gasteiger partial charge in [-0.25, -0.2) is 0 Å². The normalized spacial score (nSPS) is 35.2. The Labute approximate surface area is 264 Å². The number of allylic oxidation sites excluding steroid dienone is 2. The second kappa shape index (κ2) is 12.6. The van der Waals surface area contributed by atoms with E-state index in [1.165, 1.54) is 63.5 Å². The molecule has 0 radical (unpaired) electrons. The second-order valence-corrected chi connectivity index (χ2v) is 31.9. The van der Waals surface area contributed by atoms with Crippen molar-refractivity contribution in [2.75, 3.05) is 6.61 Å². The van der Waals surface area contributed by atoms with E-state index >= 15 is 0 Å². The Morgan fingerprint density at radius 2 is 1.50 bits per heavy atom. The highest BCUT2D eigenvalue weighted by Gasteiger charge is 2.58. The van der Waals surface area contributed by atoms with E-state index in [1.807, 2.05) is 0 Å². The van der Waals surface area contributed by atoms with E-state index in [0.29, 0.717) is 29.3 Å². The molecule has 0 bridgehead atoms. The predicted octanol–water partition coefficient (Wildman–Crippen LogP) is 11.2. The van der Waals surface area contributed by atoms with Crippen LogP contribution in [0, 0.1) is 40.4 Å². The van der Waals surface area contributed by atoms with Crippen LogP contribution in [-0.2, 0) is 13.3 Å². The maximum absolute atomic E-state index is 7.07. The van der Waals surface area contributed by atoms with Gasteiger partial charge in [0, 0.05) is 12.7 Å². The summed E-state index contributed by atoms with van der Waals surface area (Å²) in [5.74, 6) is 4.94. The van der Waals surface area contributed by atoms with Gasteiger partial charge in [0.1, 0.15) is 5.76 Å². The van der Waals surface area contributed by atoms with Gasteiger partial charge < -0.3 is 13.3 Å². The van der Waals surface area contributed by atoms with Crippen LogP contribution in [0.25, 0.3) is 0 Å². The first-order chi connectivity index (χ1) is 19.2. The molecule has 3 saturated carbocycles. The first kappa shape index (κ1) is 34.7. The van der Waals surface area contributed by atoms with E-state index in [-0.39, 0.29) is 5.41 Å². The number of hydrogen-bond donors (Lipinski definition) is 0. The van der Waals surface area contributed by atoms with Crippen molar-refractivity contribution in [2.24, 2.45) is 40.4 Å². The van der Waals surface area contributed by atoms with E-state index in [9.17, 15) is 0 Å². The first-order valence-corrected chi connectivity index (χ1v) is 27.9. The van der Waals surface area contributed by atoms with Gasteiger partial charge in [-0.1, -0.05) is 46.1 Å². The Balaban J connectivity index is 1.54. The molecule has 4 aliphatic rings. The van der Waals surface area contributed by atoms with Crippen LogP contribution in [-0.4, -0.2) is 37.7 Å². The van der Waals surface area contributed by atoms with Crippen LogP contribution in [0.5, 0.6) is 0 Å². The Morgan fingerprint density at radius 1 is 0.810 bits per heavy atom. The summed E-state index contributed by atoms with van der Waals surface area (Å²) in [4.78, 5) is 0. The highest BCUT2D eigenvalue weighted by molar-refractivity contribution is 6.70. The third-order valence-electron chi connectivity index (χ3n) is 11.4. The van der Waals surface area contributed by atoms with Crippen LogP contribution in [0.3, 0.4) is 0 Å². The van der Waals surface area contributed by atoms with Gasteiger partial charge in [-0.2, -0.15) is 0 Å². The summed E-state index contributed by atoms with van der Waals surface area (Å²) in [7, 11) is -4.72. The molecule has 0 aromatic carbocycles. The first-order valence-electron chi connectivity index (χ1n) is 17.7. The van der Waals surface area contributed by atoms with Crippen LogP contribution >= 0.6 is 0 Å². The SMILES string of the molecule is CC(CCC[C@@H](C)[C@H]1CCC2C3=C(O[Si](C)(C)C)C=C4C[C@@H](O[Si](C)(C)C)CC[C@]4(C)C3CC[C@@]21C)CO[Si](C)(C)C. The van der Waals surface area contributed by atoms with Crippen molar-refractivity contribution in [2.45, 2.75) is 157 Å². The fourth-order valence-electron chi connectivity index (χ4n) is 9.48. The van der Waals surface area contributed by atoms with Crippen molar-refractivity contribution < 1.29 is 13.3 Å². The lowest BCUT2D eigenvalue weighted by Gasteiger charge is -2.56. The molecule has 0 aromatic rings. The third-order valence-corrected chi connectivity index (χ3v) is 14.3. The zero-order chi connectivity index (χ0) is 31.3. The molecular formula is C36H68O3Si3. The van der Waals surface area contributed by atoms with Crippen molar-refractivity contribution in [3.8, 4) is 0 Å². The van der Waals surface area contributed by atoms with Crippen LogP contribution in [0.15, 0.2) is 23.0 Å². The standard InChI is InChI=1S/C36H68O3Si3/c1-26(25-37-40(5,6)7)15-14-16-27(2)30-17-18-31-34-32(20-22-36(30,31)4)35(3)21-19-29(38-41(8,9)10)23-28(35)24-33(34)39-42(11,12)13/h24,26-27,29-32H,14-23,25H2,1-13H3/t26?,27-,29+,30-,31?,32?,35+,36-/m1/s1. The molecule has 0 aromatic heterocycles. The van der Waals surface area contributed by atoms with Gasteiger partial charge in [0.2, 0.25) is 8.32 Å². The van der Waals surface area contributed by atoms with Gasteiger partial charge in [0.25, 0.3) is 0 Å². The van der Waals surface area contributed by atoms with Crippen LogP contribution in [0.1, 0.15) is 91.9 Å². The molecule has 8 atom stereocenters. The minimum absolute atomic E-state index is 0.278. The minimum atomic E-state index is -1.75. The highest BCUT2D eigenvalue weighted by Crippen LogP contribution is 2.67. The molecule has 0 aliphatic heterocycles. The van der Waals surface area contributed by atoms with Gasteiger partial charge in [0.15, 0.2) is 16.6 Å². The van der Waals surface area contributed by atoms with E-state index in [0.717, 1.165) is 24.9 Å². The van der Waals surface area contributed by atoms with Crippen LogP contribution in [0.4, 0.5) is 0 Å². The maximum atomic E-state index is 7.07. The topological polar surface area (TPSA) is 27.7 Å². The van der Waals surface area contributed by atoms with Crippen molar-refractivity contribution in [1.82, 2.24) is 0 Å². The molecule has 4 rings (SSSR count). The summed E-state index contributed by atoms with van der Waals surface area (Å²) in [5, 5.41) is 0. The zero-order valence-corrected chi connectivity index (χ0v) is 33.0. The minimum Gasteiger partial charge on any atom is -0.544 e. The maximum Gasteiger partial charge on any atom is 0.242 e. The van der Waals surface area contributed by atoms with Gasteiger partial charge in [0.05, 0.1) is 0 Å². The number of fused-ring (bicyclic) bond motifs is 5. The fourth-order valence-corrected chi connectivity index (χ4v) is 12.3. The average Bonchev–Trinajstić information content (AvgIpc) is 3.18. The Morgan fingerprint density at radius 3 is 2.12 bits per heavy atom. The summed E-state index contributed by atoms with van der Waals surface area (Å²) < 4.78 is 20.0. The third kappa shape index (κ3) is 7.97. The summed E-state index contributed by atoms with van der Waals surface area (Å²) in [6.07, 6.45) is 16.0. The summed E-state index contributed by atoms with van der Waals surface area (Å²) in [6.45, 7) is 32.3. The summed E-state index contributed by atoms with van der Waals surface area (Å²) >= 11 is 0. The molecule has 0 N–H and O–H groups in total. The largest absolute Gasteiger partial charge is 0.544 e. The number of hydrogen-bond acceptors (Lipinski definition) is 3. The predicted molar refractivity (Wildman–Crippen MR) is 188 cm³/mol. The average molecular weight is 633 g/mol. The molecule has 6 heteroatoms. The summed E-state index contributed by atoms with van der Waals surface area (Å²) in [5.41, 5.74) is 4.07. The molecule has 0 saturated heterocycles. The molecule has 242 valence electrons. The molecule has 3 unspecified atom stereocenters. The molecule has 3 nitrogen and oxygen atoms in total. The lowest BCUT2D eigenvalue weighted by atomic mass is 9.49. The smallest absolute Gasteiger partial charge is 0.242 e. The second-order valence-electron chi connectivity index (χ2n) is 18.5. The molecule has 0 amide bonds. The van der Waals surface area contributed by atoms with Crippen molar-refractivity contribution in [3.05, 3.63) is 23.0 Å². The Kier molecular flexibility index (Phi) is 10.4. The molecule has 3 fully saturated rings. The Hall–Kier alpha value is -0.149. The molecule has 0 heterocycles. The van der Waals surface area contributed by atoms with Gasteiger partial charge >= 0.3 is 0 Å². The van der Waals surface area contributed by atoms with Crippen molar-refractivity contribution >= 4 is 25.0 Å². The van der Waals surface area contributed by atoms with E-state index in [2.05, 4.69) is 92.7 Å². The molecule has 0 spiro atoms. The molecule has 42 heavy (non-hydrogen) atoms. The molecule has 4 aliphatic carbocycles. The van der Waals surface area contributed by atoms with Crippen LogP contribution in [0.2, 0.25) is 58.9 Å². The zero-order valence-electron chi connectivity index (χ0n) is 30.0. The lowest BCUT2D eigenvalue weighted by Crippen LogP contribution is -2.48. The molecular weight excluding hydrogens is 565 g/mol. The lowest BCUT2D eigenvalue weighted by molar-refractivity contribution is 0.0304. The van der Waals surface area contributed by atoms with Crippen molar-refractivity contribution in [3.63, 3.8) is 0 Å². The fraction of sp³-hybridized carbons (Fsp3) is 0.889. The summed E-state index contributed by atoms with van der Waals surface area (Å²) in [6, 6.07) is 0. The van der Waals surface area contributed by atoms with Gasteiger partial charge in [-0.05, 0) is 162 Å². The Bertz CT molecular complexity index is 1020. The highest BCUT2D eigenvalue weighted by atomic mass is 28.4. The van der Waals surface area contributed by atoms with Gasteiger partial charge in [-0.15, -0.1) is 0 Å². The van der Waals surface area contributed by atoms with Gasteiger partial charge in [-0.3, -0.25) is 0 Å². The monoisotopic (exact) mass is 632 g/mol. The van der Waals surface area contributed by atoms with Crippen molar-refractivity contribution in [1.29, 1.82) is 0 Å². The van der Waals surface area contributed by atoms with E-state index < -0.39 is 25.0 Å². The number of rotatable bonds is 12. The van der Waals surface area contributed by atoms with E-state index in [4.69, 9.17) is 13.3 Å². The quantitative estimate of drug-likeness (QED) is 0.200. The van der Waals surface area contributed by atoms with Crippen LogP contribution < -0.4 is 0 Å².